The molecule has 0 fully saturated rings. The molecule has 2 N–H and O–H groups in total. The van der Waals surface area contributed by atoms with Crippen molar-refractivity contribution in [2.45, 2.75) is 6.42 Å². The van der Waals surface area contributed by atoms with Crippen molar-refractivity contribution in [3.8, 4) is 0 Å². The zero-order valence-electron chi connectivity index (χ0n) is 9.06. The number of halogens is 1. The van der Waals surface area contributed by atoms with Crippen molar-refractivity contribution < 1.29 is 4.79 Å². The third-order valence-corrected chi connectivity index (χ3v) is 3.20. The molecule has 2 rings (SSSR count). The molecule has 0 spiro atoms. The number of carbonyl (C=O) groups is 1. The second-order valence-electron chi connectivity index (χ2n) is 3.65. The molecule has 0 aliphatic carbocycles. The van der Waals surface area contributed by atoms with Gasteiger partial charge in [-0.3, -0.25) is 9.78 Å². The molecule has 4 heteroatoms. The average molecular weight is 291 g/mol. The Morgan fingerprint density at radius 2 is 1.94 bits per heavy atom. The van der Waals surface area contributed by atoms with Crippen molar-refractivity contribution in [3.05, 3.63) is 63.9 Å². The monoisotopic (exact) mass is 290 g/mol. The summed E-state index contributed by atoms with van der Waals surface area (Å²) >= 11 is 3.43. The number of hydrogen-bond donors (Lipinski definition) is 1. The van der Waals surface area contributed by atoms with Crippen molar-refractivity contribution in [2.75, 3.05) is 0 Å². The highest BCUT2D eigenvalue weighted by Crippen LogP contribution is 2.22. The van der Waals surface area contributed by atoms with Crippen LogP contribution < -0.4 is 5.73 Å². The number of nitrogens with zero attached hydrogens (tertiary/aromatic N) is 1. The maximum atomic E-state index is 11.3. The predicted molar refractivity (Wildman–Crippen MR) is 69.7 cm³/mol. The normalized spacial score (nSPS) is 10.2. The van der Waals surface area contributed by atoms with Crippen LogP contribution in [0.2, 0.25) is 0 Å². The summed E-state index contributed by atoms with van der Waals surface area (Å²) in [5.74, 6) is -0.503. The number of hydrogen-bond acceptors (Lipinski definition) is 2. The molecule has 1 aromatic heterocycles. The van der Waals surface area contributed by atoms with Crippen LogP contribution in [-0.4, -0.2) is 10.9 Å². The molecule has 1 amide bonds. The largest absolute Gasteiger partial charge is 0.364 e. The van der Waals surface area contributed by atoms with Gasteiger partial charge in [0.25, 0.3) is 5.91 Å². The summed E-state index contributed by atoms with van der Waals surface area (Å²) in [6.45, 7) is 0. The molecule has 0 atom stereocenters. The van der Waals surface area contributed by atoms with E-state index in [0.29, 0.717) is 12.1 Å². The van der Waals surface area contributed by atoms with E-state index in [9.17, 15) is 4.79 Å². The second-order valence-corrected chi connectivity index (χ2v) is 4.50. The lowest BCUT2D eigenvalue weighted by Gasteiger charge is -2.08. The zero-order chi connectivity index (χ0) is 12.3. The number of rotatable bonds is 3. The van der Waals surface area contributed by atoms with Crippen LogP contribution in [0.15, 0.2) is 47.1 Å². The fraction of sp³-hybridized carbons (Fsp3) is 0.0769. The molecule has 0 saturated heterocycles. The van der Waals surface area contributed by atoms with E-state index in [1.54, 1.807) is 6.20 Å². The number of benzene rings is 1. The van der Waals surface area contributed by atoms with Crippen molar-refractivity contribution in [3.63, 3.8) is 0 Å². The lowest BCUT2D eigenvalue weighted by Crippen LogP contribution is -2.16. The van der Waals surface area contributed by atoms with Crippen LogP contribution in [0.5, 0.6) is 0 Å². The molecule has 0 aliphatic rings. The third-order valence-electron chi connectivity index (χ3n) is 2.46. The van der Waals surface area contributed by atoms with E-state index in [0.717, 1.165) is 15.6 Å². The minimum Gasteiger partial charge on any atom is -0.364 e. The van der Waals surface area contributed by atoms with Crippen LogP contribution in [-0.2, 0) is 6.42 Å². The van der Waals surface area contributed by atoms with Crippen LogP contribution in [0, 0.1) is 0 Å². The lowest BCUT2D eigenvalue weighted by molar-refractivity contribution is 0.0994. The fourth-order valence-corrected chi connectivity index (χ4v) is 2.10. The maximum absolute atomic E-state index is 11.3. The molecule has 0 saturated carbocycles. The van der Waals surface area contributed by atoms with Crippen molar-refractivity contribution >= 4 is 21.8 Å². The molecule has 17 heavy (non-hydrogen) atoms. The van der Waals surface area contributed by atoms with Gasteiger partial charge < -0.3 is 5.73 Å². The van der Waals surface area contributed by atoms with Gasteiger partial charge in [0.1, 0.15) is 5.69 Å². The molecule has 86 valence electrons. The topological polar surface area (TPSA) is 56.0 Å². The summed E-state index contributed by atoms with van der Waals surface area (Å²) in [4.78, 5) is 15.3. The number of nitrogens with two attached hydrogens (primary N) is 1. The Labute approximate surface area is 108 Å². The fourth-order valence-electron chi connectivity index (χ4n) is 1.65. The first-order valence-corrected chi connectivity index (χ1v) is 5.95. The van der Waals surface area contributed by atoms with Gasteiger partial charge in [-0.25, -0.2) is 0 Å². The van der Waals surface area contributed by atoms with Gasteiger partial charge in [-0.2, -0.15) is 0 Å². The minimum absolute atomic E-state index is 0.322. The highest BCUT2D eigenvalue weighted by molar-refractivity contribution is 9.10. The van der Waals surface area contributed by atoms with Crippen molar-refractivity contribution in [1.82, 2.24) is 4.98 Å². The summed E-state index contributed by atoms with van der Waals surface area (Å²) in [6, 6.07) is 11.7. The number of amides is 1. The molecule has 0 aliphatic heterocycles. The zero-order valence-corrected chi connectivity index (χ0v) is 10.6. The summed E-state index contributed by atoms with van der Waals surface area (Å²) in [5, 5.41) is 0. The van der Waals surface area contributed by atoms with Gasteiger partial charge >= 0.3 is 0 Å². The van der Waals surface area contributed by atoms with E-state index in [1.807, 2.05) is 36.4 Å². The number of pyridine rings is 1. The van der Waals surface area contributed by atoms with Gasteiger partial charge in [0, 0.05) is 22.7 Å². The molecular weight excluding hydrogens is 280 g/mol. The van der Waals surface area contributed by atoms with Crippen LogP contribution in [0.3, 0.4) is 0 Å². The molecule has 0 unspecified atom stereocenters. The van der Waals surface area contributed by atoms with Gasteiger partial charge in [-0.05, 0) is 11.6 Å². The SMILES string of the molecule is NC(=O)c1nccc(Br)c1Cc1ccccc1. The van der Waals surface area contributed by atoms with E-state index < -0.39 is 5.91 Å². The average Bonchev–Trinajstić information content (AvgIpc) is 2.33. The smallest absolute Gasteiger partial charge is 0.267 e. The Balaban J connectivity index is 2.41. The molecule has 1 heterocycles. The van der Waals surface area contributed by atoms with E-state index in [2.05, 4.69) is 20.9 Å². The van der Waals surface area contributed by atoms with Gasteiger partial charge in [-0.15, -0.1) is 0 Å². The Bertz CT molecular complexity index is 540. The summed E-state index contributed by atoms with van der Waals surface area (Å²) in [5.41, 5.74) is 7.58. The number of carbonyl (C=O) groups excluding carboxylic acids is 1. The summed E-state index contributed by atoms with van der Waals surface area (Å²) in [6.07, 6.45) is 2.20. The molecule has 0 radical (unpaired) electrons. The minimum atomic E-state index is -0.503. The standard InChI is InChI=1S/C13H11BrN2O/c14-11-6-7-16-12(13(15)17)10(11)8-9-4-2-1-3-5-9/h1-7H,8H2,(H2,15,17). The van der Waals surface area contributed by atoms with E-state index in [-0.39, 0.29) is 0 Å². The molecule has 1 aromatic carbocycles. The number of aromatic nitrogens is 1. The quantitative estimate of drug-likeness (QED) is 0.944. The van der Waals surface area contributed by atoms with Gasteiger partial charge in [0.15, 0.2) is 0 Å². The second kappa shape index (κ2) is 5.10. The summed E-state index contributed by atoms with van der Waals surface area (Å²) < 4.78 is 0.852. The Morgan fingerprint density at radius 1 is 1.24 bits per heavy atom. The Morgan fingerprint density at radius 3 is 2.59 bits per heavy atom. The van der Waals surface area contributed by atoms with Crippen LogP contribution >= 0.6 is 15.9 Å². The first kappa shape index (κ1) is 11.8. The van der Waals surface area contributed by atoms with Gasteiger partial charge in [0.05, 0.1) is 0 Å². The molecule has 3 nitrogen and oxygen atoms in total. The van der Waals surface area contributed by atoms with Crippen LogP contribution in [0.25, 0.3) is 0 Å². The predicted octanol–water partition coefficient (Wildman–Crippen LogP) is 2.53. The van der Waals surface area contributed by atoms with E-state index >= 15 is 0 Å². The van der Waals surface area contributed by atoms with Crippen LogP contribution in [0.1, 0.15) is 21.6 Å². The maximum Gasteiger partial charge on any atom is 0.267 e. The molecular formula is C13H11BrN2O. The van der Waals surface area contributed by atoms with Gasteiger partial charge in [0.2, 0.25) is 0 Å². The van der Waals surface area contributed by atoms with Crippen molar-refractivity contribution in [1.29, 1.82) is 0 Å². The Hall–Kier alpha value is -1.68. The molecule has 2 aromatic rings. The lowest BCUT2D eigenvalue weighted by atomic mass is 10.0. The summed E-state index contributed by atoms with van der Waals surface area (Å²) in [7, 11) is 0. The Kier molecular flexibility index (Phi) is 3.54. The van der Waals surface area contributed by atoms with E-state index in [1.165, 1.54) is 0 Å². The van der Waals surface area contributed by atoms with Crippen molar-refractivity contribution in [2.24, 2.45) is 5.73 Å². The first-order valence-electron chi connectivity index (χ1n) is 5.15. The number of primary amides is 1. The van der Waals surface area contributed by atoms with Crippen LogP contribution in [0.4, 0.5) is 0 Å². The highest BCUT2D eigenvalue weighted by atomic mass is 79.9. The molecule has 0 bridgehead atoms. The van der Waals surface area contributed by atoms with Gasteiger partial charge in [-0.1, -0.05) is 46.3 Å². The highest BCUT2D eigenvalue weighted by Gasteiger charge is 2.13. The third kappa shape index (κ3) is 2.71. The van der Waals surface area contributed by atoms with E-state index in [4.69, 9.17) is 5.73 Å². The first-order chi connectivity index (χ1) is 8.18.